The molecule has 8 heteroatoms. The average Bonchev–Trinajstić information content (AvgIpc) is 2.92. The number of ether oxygens (including phenoxy) is 3. The highest BCUT2D eigenvalue weighted by atomic mass is 35.5. The van der Waals surface area contributed by atoms with Crippen molar-refractivity contribution < 1.29 is 28.2 Å². The quantitative estimate of drug-likeness (QED) is 0.270. The largest absolute Gasteiger partial charge is 0.493 e. The molecule has 0 radical (unpaired) electrons. The van der Waals surface area contributed by atoms with E-state index in [0.29, 0.717) is 54.0 Å². The predicted molar refractivity (Wildman–Crippen MR) is 165 cm³/mol. The van der Waals surface area contributed by atoms with Gasteiger partial charge in [-0.15, -0.1) is 0 Å². The molecule has 1 heterocycles. The van der Waals surface area contributed by atoms with Crippen molar-refractivity contribution in [2.75, 3.05) is 27.4 Å². The van der Waals surface area contributed by atoms with Gasteiger partial charge in [-0.1, -0.05) is 57.5 Å². The minimum absolute atomic E-state index is 0.0340. The van der Waals surface area contributed by atoms with Crippen LogP contribution in [0.1, 0.15) is 76.8 Å². The Hall–Kier alpha value is -3.16. The molecule has 0 unspecified atom stereocenters. The molecule has 43 heavy (non-hydrogen) atoms. The van der Waals surface area contributed by atoms with E-state index >= 15 is 0 Å². The summed E-state index contributed by atoms with van der Waals surface area (Å²) in [7, 11) is 3.20. The van der Waals surface area contributed by atoms with Gasteiger partial charge in [0.25, 0.3) is 0 Å². The molecule has 0 saturated heterocycles. The highest BCUT2D eigenvalue weighted by Crippen LogP contribution is 2.55. The van der Waals surface area contributed by atoms with Gasteiger partial charge in [0.2, 0.25) is 0 Å². The zero-order valence-corrected chi connectivity index (χ0v) is 26.7. The zero-order valence-electron chi connectivity index (χ0n) is 25.9. The summed E-state index contributed by atoms with van der Waals surface area (Å²) in [6.07, 6.45) is 3.00. The van der Waals surface area contributed by atoms with Crippen molar-refractivity contribution in [2.24, 2.45) is 10.8 Å². The first-order chi connectivity index (χ1) is 20.4. The monoisotopic (exact) mass is 609 g/mol. The van der Waals surface area contributed by atoms with Gasteiger partial charge in [-0.25, -0.2) is 4.39 Å². The summed E-state index contributed by atoms with van der Waals surface area (Å²) in [5, 5.41) is 0.268. The number of benzene rings is 2. The number of allylic oxidation sites excluding steroid dienone is 4. The van der Waals surface area contributed by atoms with Gasteiger partial charge >= 0.3 is 0 Å². The fraction of sp³-hybridized carbons (Fsp3) is 0.486. The maximum Gasteiger partial charge on any atom is 0.180 e. The number of hydrogen-bond donors (Lipinski definition) is 0. The molecule has 0 fully saturated rings. The highest BCUT2D eigenvalue weighted by Gasteiger charge is 2.49. The molecule has 1 aliphatic heterocycles. The van der Waals surface area contributed by atoms with Gasteiger partial charge in [-0.05, 0) is 53.9 Å². The van der Waals surface area contributed by atoms with Crippen LogP contribution in [-0.2, 0) is 20.9 Å². The predicted octanol–water partition coefficient (Wildman–Crippen LogP) is 7.79. The molecule has 2 aromatic rings. The Morgan fingerprint density at radius 2 is 1.53 bits per heavy atom. The van der Waals surface area contributed by atoms with Crippen LogP contribution in [0.15, 0.2) is 58.9 Å². The van der Waals surface area contributed by atoms with Crippen molar-refractivity contribution in [1.82, 2.24) is 4.90 Å². The molecule has 0 aromatic heterocycles. The zero-order chi connectivity index (χ0) is 31.1. The third kappa shape index (κ3) is 6.25. The summed E-state index contributed by atoms with van der Waals surface area (Å²) in [6.45, 7) is 9.71. The SMILES string of the molecule is COCCCN1C2=C(C(=O)CC(C)(C)C2)C(c2cc(Cl)c(OCc3ccccc3F)c(OC)c2)C2=C1CC(C)(C)CC2=O. The van der Waals surface area contributed by atoms with E-state index in [1.54, 1.807) is 31.4 Å². The molecule has 0 N–H and O–H groups in total. The fourth-order valence-electron chi connectivity index (χ4n) is 6.83. The third-order valence-corrected chi connectivity index (χ3v) is 8.95. The Labute approximate surface area is 258 Å². The Bertz CT molecular complexity index is 1450. The number of carbonyl (C=O) groups excluding carboxylic acids is 2. The molecule has 6 nitrogen and oxygen atoms in total. The summed E-state index contributed by atoms with van der Waals surface area (Å²) in [4.78, 5) is 30.3. The van der Waals surface area contributed by atoms with Crippen LogP contribution < -0.4 is 9.47 Å². The molecular weight excluding hydrogens is 569 g/mol. The molecule has 230 valence electrons. The van der Waals surface area contributed by atoms with Crippen LogP contribution in [0, 0.1) is 16.6 Å². The summed E-state index contributed by atoms with van der Waals surface area (Å²) < 4.78 is 31.4. The van der Waals surface area contributed by atoms with Gasteiger partial charge in [0.15, 0.2) is 23.1 Å². The molecule has 2 aromatic carbocycles. The van der Waals surface area contributed by atoms with Crippen molar-refractivity contribution in [3.05, 3.63) is 80.9 Å². The Kier molecular flexibility index (Phi) is 8.79. The highest BCUT2D eigenvalue weighted by molar-refractivity contribution is 6.32. The second-order valence-electron chi connectivity index (χ2n) is 13.4. The van der Waals surface area contributed by atoms with Gasteiger partial charge in [-0.2, -0.15) is 0 Å². The number of carbonyl (C=O) groups is 2. The van der Waals surface area contributed by atoms with Crippen molar-refractivity contribution in [2.45, 2.75) is 72.3 Å². The molecule has 2 aliphatic carbocycles. The van der Waals surface area contributed by atoms with Gasteiger partial charge in [0, 0.05) is 67.1 Å². The lowest BCUT2D eigenvalue weighted by atomic mass is 9.63. The first-order valence-corrected chi connectivity index (χ1v) is 15.3. The fourth-order valence-corrected chi connectivity index (χ4v) is 7.10. The number of Topliss-reactive ketones (excluding diaryl/α,β-unsaturated/α-hetero) is 2. The van der Waals surface area contributed by atoms with E-state index in [1.165, 1.54) is 13.2 Å². The van der Waals surface area contributed by atoms with Crippen LogP contribution in [0.5, 0.6) is 11.5 Å². The van der Waals surface area contributed by atoms with Crippen molar-refractivity contribution in [1.29, 1.82) is 0 Å². The summed E-state index contributed by atoms with van der Waals surface area (Å²) in [6, 6.07) is 9.97. The van der Waals surface area contributed by atoms with Crippen LogP contribution in [-0.4, -0.2) is 43.8 Å². The Balaban J connectivity index is 1.65. The van der Waals surface area contributed by atoms with Gasteiger partial charge in [0.1, 0.15) is 12.4 Å². The number of halogens is 2. The molecule has 0 amide bonds. The van der Waals surface area contributed by atoms with Crippen LogP contribution in [0.3, 0.4) is 0 Å². The minimum atomic E-state index is -0.567. The second kappa shape index (κ2) is 12.1. The van der Waals surface area contributed by atoms with E-state index in [-0.39, 0.29) is 45.6 Å². The van der Waals surface area contributed by atoms with Gasteiger partial charge < -0.3 is 19.1 Å². The smallest absolute Gasteiger partial charge is 0.180 e. The van der Waals surface area contributed by atoms with E-state index in [9.17, 15) is 14.0 Å². The Morgan fingerprint density at radius 3 is 2.09 bits per heavy atom. The number of ketones is 2. The van der Waals surface area contributed by atoms with E-state index in [2.05, 4.69) is 32.6 Å². The summed E-state index contributed by atoms with van der Waals surface area (Å²) >= 11 is 6.84. The molecule has 0 spiro atoms. The standard InChI is InChI=1S/C35H41ClFNO5/c1-34(2)16-25-31(27(39)18-34)30(32-26(38(25)12-9-13-41-5)17-35(3,4)19-28(32)40)22-14-23(36)33(29(15-22)42-6)43-20-21-10-7-8-11-24(21)37/h7-8,10-11,14-15,30H,9,12-13,16-20H2,1-6H3. The Morgan fingerprint density at radius 1 is 0.930 bits per heavy atom. The first-order valence-electron chi connectivity index (χ1n) is 14.9. The number of hydrogen-bond acceptors (Lipinski definition) is 6. The maximum absolute atomic E-state index is 14.3. The lowest BCUT2D eigenvalue weighted by molar-refractivity contribution is -0.119. The molecule has 0 atom stereocenters. The van der Waals surface area contributed by atoms with Crippen molar-refractivity contribution in [3.63, 3.8) is 0 Å². The summed E-state index contributed by atoms with van der Waals surface area (Å²) in [5.74, 6) is -0.202. The molecule has 0 bridgehead atoms. The second-order valence-corrected chi connectivity index (χ2v) is 13.9. The van der Waals surface area contributed by atoms with Gasteiger partial charge in [0.05, 0.1) is 12.1 Å². The molecule has 0 saturated carbocycles. The lowest BCUT2D eigenvalue weighted by Gasteiger charge is -2.49. The molecular formula is C35H41ClFNO5. The third-order valence-electron chi connectivity index (χ3n) is 8.67. The van der Waals surface area contributed by atoms with Gasteiger partial charge in [-0.3, -0.25) is 9.59 Å². The van der Waals surface area contributed by atoms with Crippen LogP contribution in [0.2, 0.25) is 5.02 Å². The first kappa shape index (κ1) is 31.3. The van der Waals surface area contributed by atoms with E-state index < -0.39 is 5.92 Å². The molecule has 5 rings (SSSR count). The number of rotatable bonds is 9. The topological polar surface area (TPSA) is 65.1 Å². The van der Waals surface area contributed by atoms with E-state index in [4.69, 9.17) is 25.8 Å². The van der Waals surface area contributed by atoms with Crippen LogP contribution >= 0.6 is 11.6 Å². The lowest BCUT2D eigenvalue weighted by Crippen LogP contribution is -2.44. The normalized spacial score (nSPS) is 19.9. The van der Waals surface area contributed by atoms with E-state index in [1.807, 2.05) is 6.07 Å². The van der Waals surface area contributed by atoms with Crippen LogP contribution in [0.4, 0.5) is 4.39 Å². The van der Waals surface area contributed by atoms with Crippen molar-refractivity contribution in [3.8, 4) is 11.5 Å². The van der Waals surface area contributed by atoms with E-state index in [0.717, 1.165) is 30.7 Å². The summed E-state index contributed by atoms with van der Waals surface area (Å²) in [5.41, 5.74) is 3.98. The minimum Gasteiger partial charge on any atom is -0.493 e. The van der Waals surface area contributed by atoms with Crippen molar-refractivity contribution >= 4 is 23.2 Å². The number of nitrogens with zero attached hydrogens (tertiary/aromatic N) is 1. The number of methoxy groups -OCH3 is 2. The van der Waals surface area contributed by atoms with Crippen LogP contribution in [0.25, 0.3) is 0 Å². The average molecular weight is 610 g/mol. The maximum atomic E-state index is 14.3. The molecule has 3 aliphatic rings.